The molecular weight excluding hydrogens is 134 g/mol. The summed E-state index contributed by atoms with van der Waals surface area (Å²) in [6.45, 7) is 2.29. The summed E-state index contributed by atoms with van der Waals surface area (Å²) in [7, 11) is 2.13. The minimum Gasteiger partial charge on any atom is -0.315 e. The zero-order chi connectivity index (χ0) is 6.69. The molecule has 0 spiro atoms. The lowest BCUT2D eigenvalue weighted by Crippen LogP contribution is -2.32. The fourth-order valence-electron chi connectivity index (χ4n) is 1.09. The molecule has 0 aliphatic carbocycles. The van der Waals surface area contributed by atoms with Crippen molar-refractivity contribution in [2.45, 2.75) is 18.9 Å². The van der Waals surface area contributed by atoms with E-state index >= 15 is 0 Å². The number of nitrogens with zero attached hydrogens (tertiary/aromatic N) is 1. The third kappa shape index (κ3) is 2.16. The van der Waals surface area contributed by atoms with Crippen molar-refractivity contribution in [2.24, 2.45) is 0 Å². The number of likely N-dealkylation sites (tertiary alicyclic amines) is 1. The van der Waals surface area contributed by atoms with Gasteiger partial charge in [-0.05, 0) is 32.8 Å². The van der Waals surface area contributed by atoms with Crippen LogP contribution in [0.5, 0.6) is 0 Å². The van der Waals surface area contributed by atoms with Crippen LogP contribution in [0, 0.1) is 0 Å². The molecule has 0 unspecified atom stereocenters. The van der Waals surface area contributed by atoms with Crippen LogP contribution in [0.1, 0.15) is 12.8 Å². The van der Waals surface area contributed by atoms with Gasteiger partial charge in [0.2, 0.25) is 0 Å². The quantitative estimate of drug-likeness (QED) is 0.438. The minimum atomic E-state index is 0.393. The van der Waals surface area contributed by atoms with Crippen molar-refractivity contribution >= 4 is 12.9 Å². The number of hydrogen-bond acceptors (Lipinski definition) is 3. The van der Waals surface area contributed by atoms with E-state index in [1.807, 2.05) is 0 Å². The van der Waals surface area contributed by atoms with Crippen molar-refractivity contribution < 1.29 is 4.18 Å². The summed E-state index contributed by atoms with van der Waals surface area (Å²) >= 11 is 3.77. The SMILES string of the molecule is CN1CCC(OS)CC1. The van der Waals surface area contributed by atoms with Crippen molar-refractivity contribution in [2.75, 3.05) is 20.1 Å². The van der Waals surface area contributed by atoms with Crippen molar-refractivity contribution in [3.8, 4) is 0 Å². The standard InChI is InChI=1S/C6H13NOS/c1-7-4-2-6(8-9)3-5-7/h6,9H,2-5H2,1H3. The van der Waals surface area contributed by atoms with E-state index < -0.39 is 0 Å². The second-order valence-electron chi connectivity index (χ2n) is 2.61. The van der Waals surface area contributed by atoms with Crippen LogP contribution in [0.3, 0.4) is 0 Å². The molecule has 0 aromatic rings. The minimum absolute atomic E-state index is 0.393. The Labute approximate surface area is 61.8 Å². The Morgan fingerprint density at radius 3 is 2.44 bits per heavy atom. The Balaban J connectivity index is 2.18. The fraction of sp³-hybridized carbons (Fsp3) is 1.00. The molecule has 1 aliphatic rings. The molecule has 2 nitrogen and oxygen atoms in total. The normalized spacial score (nSPS) is 24.7. The summed E-state index contributed by atoms with van der Waals surface area (Å²) in [4.78, 5) is 2.31. The first-order chi connectivity index (χ1) is 4.33. The summed E-state index contributed by atoms with van der Waals surface area (Å²) in [6.07, 6.45) is 2.64. The molecule has 3 heteroatoms. The maximum atomic E-state index is 4.91. The molecule has 0 atom stereocenters. The number of thiol groups is 1. The molecule has 1 aliphatic heterocycles. The molecule has 0 N–H and O–H groups in total. The number of piperidine rings is 1. The number of rotatable bonds is 1. The monoisotopic (exact) mass is 147 g/mol. The Kier molecular flexibility index (Phi) is 2.82. The van der Waals surface area contributed by atoms with Crippen LogP contribution in [0.15, 0.2) is 0 Å². The summed E-state index contributed by atoms with van der Waals surface area (Å²) in [5.74, 6) is 0. The van der Waals surface area contributed by atoms with Crippen LogP contribution < -0.4 is 0 Å². The van der Waals surface area contributed by atoms with Crippen molar-refractivity contribution in [1.82, 2.24) is 4.90 Å². The highest BCUT2D eigenvalue weighted by Crippen LogP contribution is 2.12. The van der Waals surface area contributed by atoms with Crippen LogP contribution in [0.4, 0.5) is 0 Å². The predicted molar refractivity (Wildman–Crippen MR) is 40.6 cm³/mol. The summed E-state index contributed by atoms with van der Waals surface area (Å²) < 4.78 is 4.91. The molecule has 0 amide bonds. The predicted octanol–water partition coefficient (Wildman–Crippen LogP) is 0.942. The third-order valence-electron chi connectivity index (χ3n) is 1.81. The van der Waals surface area contributed by atoms with E-state index in [1.165, 1.54) is 0 Å². The van der Waals surface area contributed by atoms with Crippen LogP contribution in [-0.2, 0) is 4.18 Å². The van der Waals surface area contributed by atoms with Crippen molar-refractivity contribution in [3.63, 3.8) is 0 Å². The Morgan fingerprint density at radius 2 is 2.00 bits per heavy atom. The van der Waals surface area contributed by atoms with E-state index in [-0.39, 0.29) is 0 Å². The molecule has 0 saturated carbocycles. The fourth-order valence-corrected chi connectivity index (χ4v) is 1.30. The number of hydrogen-bond donors (Lipinski definition) is 1. The molecule has 1 rings (SSSR count). The first-order valence-electron chi connectivity index (χ1n) is 3.31. The van der Waals surface area contributed by atoms with Gasteiger partial charge in [0.1, 0.15) is 0 Å². The van der Waals surface area contributed by atoms with Gasteiger partial charge in [-0.1, -0.05) is 0 Å². The molecular formula is C6H13NOS. The molecule has 1 heterocycles. The highest BCUT2D eigenvalue weighted by Gasteiger charge is 2.15. The van der Waals surface area contributed by atoms with Crippen LogP contribution in [0.25, 0.3) is 0 Å². The third-order valence-corrected chi connectivity index (χ3v) is 2.11. The van der Waals surface area contributed by atoms with E-state index in [4.69, 9.17) is 4.18 Å². The van der Waals surface area contributed by atoms with Gasteiger partial charge in [0.25, 0.3) is 0 Å². The molecule has 54 valence electrons. The van der Waals surface area contributed by atoms with Gasteiger partial charge in [-0.2, -0.15) is 0 Å². The van der Waals surface area contributed by atoms with Gasteiger partial charge < -0.3 is 9.08 Å². The Morgan fingerprint density at radius 1 is 1.44 bits per heavy atom. The second-order valence-corrected chi connectivity index (χ2v) is 2.82. The largest absolute Gasteiger partial charge is 0.315 e. The zero-order valence-corrected chi connectivity index (χ0v) is 6.60. The van der Waals surface area contributed by atoms with Crippen molar-refractivity contribution in [1.29, 1.82) is 0 Å². The second kappa shape index (κ2) is 3.44. The van der Waals surface area contributed by atoms with Gasteiger partial charge in [0, 0.05) is 13.1 Å². The first kappa shape index (κ1) is 7.38. The summed E-state index contributed by atoms with van der Waals surface area (Å²) in [5.41, 5.74) is 0. The van der Waals surface area contributed by atoms with E-state index in [2.05, 4.69) is 24.9 Å². The summed E-state index contributed by atoms with van der Waals surface area (Å²) in [6, 6.07) is 0. The van der Waals surface area contributed by atoms with Crippen LogP contribution in [0.2, 0.25) is 0 Å². The maximum Gasteiger partial charge on any atom is 0.0743 e. The van der Waals surface area contributed by atoms with Gasteiger partial charge in [-0.3, -0.25) is 0 Å². The average Bonchev–Trinajstić information content (AvgIpc) is 1.90. The highest BCUT2D eigenvalue weighted by atomic mass is 32.1. The lowest BCUT2D eigenvalue weighted by atomic mass is 10.1. The van der Waals surface area contributed by atoms with Gasteiger partial charge >= 0.3 is 0 Å². The summed E-state index contributed by atoms with van der Waals surface area (Å²) in [5, 5.41) is 0. The topological polar surface area (TPSA) is 12.5 Å². The van der Waals surface area contributed by atoms with Gasteiger partial charge in [0.15, 0.2) is 0 Å². The average molecular weight is 147 g/mol. The van der Waals surface area contributed by atoms with Gasteiger partial charge in [-0.15, -0.1) is 0 Å². The molecule has 0 aromatic carbocycles. The van der Waals surface area contributed by atoms with E-state index in [1.54, 1.807) is 0 Å². The molecule has 0 bridgehead atoms. The zero-order valence-electron chi connectivity index (χ0n) is 5.71. The lowest BCUT2D eigenvalue weighted by molar-refractivity contribution is 0.137. The smallest absolute Gasteiger partial charge is 0.0743 e. The van der Waals surface area contributed by atoms with E-state index in [0.29, 0.717) is 6.10 Å². The maximum absolute atomic E-state index is 4.91. The lowest BCUT2D eigenvalue weighted by Gasteiger charge is -2.26. The highest BCUT2D eigenvalue weighted by molar-refractivity contribution is 7.75. The molecule has 0 aromatic heterocycles. The van der Waals surface area contributed by atoms with Crippen LogP contribution in [-0.4, -0.2) is 31.1 Å². The van der Waals surface area contributed by atoms with Crippen molar-refractivity contribution in [3.05, 3.63) is 0 Å². The van der Waals surface area contributed by atoms with E-state index in [0.717, 1.165) is 25.9 Å². The molecule has 9 heavy (non-hydrogen) atoms. The first-order valence-corrected chi connectivity index (χ1v) is 3.68. The Hall–Kier alpha value is 0.270. The van der Waals surface area contributed by atoms with Gasteiger partial charge in [0.05, 0.1) is 6.10 Å². The van der Waals surface area contributed by atoms with E-state index in [9.17, 15) is 0 Å². The molecule has 0 radical (unpaired) electrons. The molecule has 1 fully saturated rings. The molecule has 1 saturated heterocycles. The van der Waals surface area contributed by atoms with Crippen LogP contribution >= 0.6 is 12.9 Å². The van der Waals surface area contributed by atoms with Gasteiger partial charge in [-0.25, -0.2) is 0 Å². The Bertz CT molecular complexity index is 81.1.